The second kappa shape index (κ2) is 5.19. The van der Waals surface area contributed by atoms with Crippen molar-refractivity contribution in [3.63, 3.8) is 0 Å². The minimum atomic E-state index is -4.02. The number of hydrogen-bond acceptors (Lipinski definition) is 7. The number of sulfonamides is 1. The zero-order valence-corrected chi connectivity index (χ0v) is 13.6. The Morgan fingerprint density at radius 3 is 2.48 bits per heavy atom. The number of aromatic nitrogens is 4. The van der Waals surface area contributed by atoms with E-state index in [1.165, 1.54) is 12.5 Å². The number of imidazole rings is 1. The van der Waals surface area contributed by atoms with Crippen LogP contribution in [-0.2, 0) is 15.6 Å². The Hall–Kier alpha value is -1.81. The minimum Gasteiger partial charge on any atom is -0.331 e. The number of rotatable bonds is 3. The smallest absolute Gasteiger partial charge is 0.293 e. The van der Waals surface area contributed by atoms with E-state index in [9.17, 15) is 13.2 Å². The molecule has 0 atom stereocenters. The van der Waals surface area contributed by atoms with Crippen molar-refractivity contribution in [2.45, 2.75) is 37.6 Å². The molecule has 10 heteroatoms. The molecule has 0 saturated carbocycles. The van der Waals surface area contributed by atoms with Crippen LogP contribution in [0.25, 0.3) is 0 Å². The summed E-state index contributed by atoms with van der Waals surface area (Å²) in [7, 11) is -4.02. The molecule has 0 bridgehead atoms. The van der Waals surface area contributed by atoms with E-state index in [0.717, 1.165) is 11.3 Å². The van der Waals surface area contributed by atoms with Crippen molar-refractivity contribution < 1.29 is 13.2 Å². The number of amides is 1. The van der Waals surface area contributed by atoms with E-state index in [1.807, 2.05) is 25.5 Å². The van der Waals surface area contributed by atoms with Crippen molar-refractivity contribution in [2.75, 3.05) is 0 Å². The second-order valence-electron chi connectivity index (χ2n) is 5.36. The lowest BCUT2D eigenvalue weighted by Crippen LogP contribution is -2.31. The first kappa shape index (κ1) is 15.6. The van der Waals surface area contributed by atoms with Gasteiger partial charge in [-0.1, -0.05) is 11.3 Å². The molecule has 0 radical (unpaired) electrons. The Morgan fingerprint density at radius 2 is 2.00 bits per heavy atom. The maximum Gasteiger partial charge on any atom is 0.293 e. The van der Waals surface area contributed by atoms with Gasteiger partial charge in [-0.3, -0.25) is 4.79 Å². The summed E-state index contributed by atoms with van der Waals surface area (Å²) in [5.41, 5.74) is -0.226. The molecule has 8 nitrogen and oxygen atoms in total. The van der Waals surface area contributed by atoms with Gasteiger partial charge in [0.25, 0.3) is 20.3 Å². The number of nitrogens with one attached hydrogen (secondary N) is 1. The van der Waals surface area contributed by atoms with E-state index in [4.69, 9.17) is 0 Å². The van der Waals surface area contributed by atoms with Crippen molar-refractivity contribution in [3.8, 4) is 0 Å². The largest absolute Gasteiger partial charge is 0.331 e. The van der Waals surface area contributed by atoms with Crippen LogP contribution in [0.2, 0.25) is 0 Å². The Labute approximate surface area is 126 Å². The van der Waals surface area contributed by atoms with Crippen LogP contribution >= 0.6 is 11.3 Å². The number of aryl methyl sites for hydroxylation is 1. The van der Waals surface area contributed by atoms with Gasteiger partial charge in [-0.15, -0.1) is 10.2 Å². The van der Waals surface area contributed by atoms with Crippen LogP contribution in [0.4, 0.5) is 0 Å². The van der Waals surface area contributed by atoms with Crippen molar-refractivity contribution in [3.05, 3.63) is 23.2 Å². The standard InChI is InChI=1S/C11H15N5O3S2/c1-7-13-14-10(20-7)21(18,19)15-9(17)8-5-16(6-12-8)11(2,3)4/h5-6H,1-4H3,(H,15,17). The monoisotopic (exact) mass is 329 g/mol. The third kappa shape index (κ3) is 3.45. The van der Waals surface area contributed by atoms with Gasteiger partial charge in [0, 0.05) is 11.7 Å². The first-order chi connectivity index (χ1) is 9.59. The topological polar surface area (TPSA) is 107 Å². The number of carbonyl (C=O) groups is 1. The Balaban J connectivity index is 2.20. The van der Waals surface area contributed by atoms with Gasteiger partial charge < -0.3 is 4.57 Å². The molecule has 0 aliphatic heterocycles. The summed E-state index contributed by atoms with van der Waals surface area (Å²) in [6.07, 6.45) is 2.98. The fraction of sp³-hybridized carbons (Fsp3) is 0.455. The fourth-order valence-electron chi connectivity index (χ4n) is 1.41. The van der Waals surface area contributed by atoms with Gasteiger partial charge >= 0.3 is 0 Å². The summed E-state index contributed by atoms with van der Waals surface area (Å²) in [6, 6.07) is 0. The van der Waals surface area contributed by atoms with E-state index in [2.05, 4.69) is 15.2 Å². The lowest BCUT2D eigenvalue weighted by atomic mass is 10.1. The van der Waals surface area contributed by atoms with Crippen molar-refractivity contribution in [1.29, 1.82) is 0 Å². The number of nitrogens with zero attached hydrogens (tertiary/aromatic N) is 4. The Bertz CT molecular complexity index is 770. The van der Waals surface area contributed by atoms with Crippen LogP contribution in [0.3, 0.4) is 0 Å². The van der Waals surface area contributed by atoms with Gasteiger partial charge in [0.2, 0.25) is 0 Å². The number of hydrogen-bond donors (Lipinski definition) is 1. The summed E-state index contributed by atoms with van der Waals surface area (Å²) in [4.78, 5) is 15.9. The molecule has 0 unspecified atom stereocenters. The average molecular weight is 329 g/mol. The predicted octanol–water partition coefficient (Wildman–Crippen LogP) is 0.917. The van der Waals surface area contributed by atoms with E-state index in [1.54, 1.807) is 11.5 Å². The van der Waals surface area contributed by atoms with Gasteiger partial charge in [-0.2, -0.15) is 8.42 Å². The maximum absolute atomic E-state index is 12.0. The highest BCUT2D eigenvalue weighted by molar-refractivity contribution is 7.92. The first-order valence-electron chi connectivity index (χ1n) is 6.01. The summed E-state index contributed by atoms with van der Waals surface area (Å²) in [5, 5.41) is 7.64. The van der Waals surface area contributed by atoms with Crippen LogP contribution in [-0.4, -0.2) is 34.1 Å². The third-order valence-electron chi connectivity index (χ3n) is 2.55. The van der Waals surface area contributed by atoms with Crippen molar-refractivity contribution in [2.24, 2.45) is 0 Å². The molecule has 0 saturated heterocycles. The summed E-state index contributed by atoms with van der Waals surface area (Å²) >= 11 is 0.891. The van der Waals surface area contributed by atoms with Crippen molar-refractivity contribution in [1.82, 2.24) is 24.5 Å². The van der Waals surface area contributed by atoms with E-state index in [-0.39, 0.29) is 15.6 Å². The highest BCUT2D eigenvalue weighted by Gasteiger charge is 2.24. The zero-order valence-electron chi connectivity index (χ0n) is 12.0. The second-order valence-corrected chi connectivity index (χ2v) is 8.40. The average Bonchev–Trinajstić information content (AvgIpc) is 2.95. The molecular weight excluding hydrogens is 314 g/mol. The van der Waals surface area contributed by atoms with E-state index >= 15 is 0 Å². The Morgan fingerprint density at radius 1 is 1.33 bits per heavy atom. The highest BCUT2D eigenvalue weighted by atomic mass is 32.2. The lowest BCUT2D eigenvalue weighted by molar-refractivity contribution is 0.0977. The van der Waals surface area contributed by atoms with Crippen LogP contribution in [0.5, 0.6) is 0 Å². The molecule has 114 valence electrons. The third-order valence-corrected chi connectivity index (χ3v) is 5.09. The molecule has 0 spiro atoms. The van der Waals surface area contributed by atoms with Gasteiger partial charge in [0.1, 0.15) is 10.7 Å². The van der Waals surface area contributed by atoms with E-state index < -0.39 is 15.9 Å². The molecule has 0 aromatic carbocycles. The number of carbonyl (C=O) groups excluding carboxylic acids is 1. The van der Waals surface area contributed by atoms with Crippen LogP contribution in [0.1, 0.15) is 36.3 Å². The maximum atomic E-state index is 12.0. The molecule has 2 rings (SSSR count). The first-order valence-corrected chi connectivity index (χ1v) is 8.31. The molecule has 1 amide bonds. The predicted molar refractivity (Wildman–Crippen MR) is 76.5 cm³/mol. The molecule has 1 N–H and O–H groups in total. The van der Waals surface area contributed by atoms with Gasteiger partial charge in [-0.05, 0) is 27.7 Å². The molecule has 0 aliphatic carbocycles. The van der Waals surface area contributed by atoms with Gasteiger partial charge in [0.05, 0.1) is 6.33 Å². The minimum absolute atomic E-state index is 0.0229. The molecule has 21 heavy (non-hydrogen) atoms. The quantitative estimate of drug-likeness (QED) is 0.897. The Kier molecular flexibility index (Phi) is 3.85. The fourth-order valence-corrected chi connectivity index (χ4v) is 3.34. The molecule has 0 aliphatic rings. The normalized spacial score (nSPS) is 12.4. The molecule has 2 aromatic heterocycles. The van der Waals surface area contributed by atoms with Gasteiger partial charge in [-0.25, -0.2) is 9.71 Å². The highest BCUT2D eigenvalue weighted by Crippen LogP contribution is 2.16. The SMILES string of the molecule is Cc1nnc(S(=O)(=O)NC(=O)c2cn(C(C)(C)C)cn2)s1. The molecule has 2 heterocycles. The van der Waals surface area contributed by atoms with Crippen molar-refractivity contribution >= 4 is 27.3 Å². The van der Waals surface area contributed by atoms with Crippen LogP contribution < -0.4 is 4.72 Å². The summed E-state index contributed by atoms with van der Waals surface area (Å²) < 4.78 is 27.4. The van der Waals surface area contributed by atoms with Crippen LogP contribution in [0, 0.1) is 6.92 Å². The lowest BCUT2D eigenvalue weighted by Gasteiger charge is -2.19. The van der Waals surface area contributed by atoms with Gasteiger partial charge in [0.15, 0.2) is 0 Å². The van der Waals surface area contributed by atoms with E-state index in [0.29, 0.717) is 5.01 Å². The molecule has 2 aromatic rings. The molecular formula is C11H15N5O3S2. The molecule has 0 fully saturated rings. The van der Waals surface area contributed by atoms with Crippen LogP contribution in [0.15, 0.2) is 16.9 Å². The summed E-state index contributed by atoms with van der Waals surface area (Å²) in [6.45, 7) is 7.45. The summed E-state index contributed by atoms with van der Waals surface area (Å²) in [5.74, 6) is -0.800. The zero-order chi connectivity index (χ0) is 15.8.